The zero-order valence-electron chi connectivity index (χ0n) is 8.31. The van der Waals surface area contributed by atoms with Crippen LogP contribution in [0.2, 0.25) is 0 Å². The minimum Gasteiger partial charge on any atom is -0.204 e. The van der Waals surface area contributed by atoms with E-state index in [4.69, 9.17) is 0 Å². The third-order valence-electron chi connectivity index (χ3n) is 1.94. The van der Waals surface area contributed by atoms with E-state index in [-0.39, 0.29) is 0 Å². The predicted octanol–water partition coefficient (Wildman–Crippen LogP) is 4.62. The van der Waals surface area contributed by atoms with E-state index in [0.29, 0.717) is 0 Å². The number of rotatable bonds is 6. The van der Waals surface area contributed by atoms with Gasteiger partial charge in [-0.05, 0) is 36.8 Å². The van der Waals surface area contributed by atoms with E-state index in [1.165, 1.54) is 25.0 Å². The Morgan fingerprint density at radius 3 is 2.53 bits per heavy atom. The third-order valence-corrected chi connectivity index (χ3v) is 3.58. The zero-order chi connectivity index (χ0) is 11.1. The quantitative estimate of drug-likeness (QED) is 0.419. The highest BCUT2D eigenvalue weighted by atomic mass is 79.9. The Hall–Kier alpha value is -0.0900. The fourth-order valence-electron chi connectivity index (χ4n) is 1.13. The van der Waals surface area contributed by atoms with Gasteiger partial charge in [0, 0.05) is 10.2 Å². The van der Waals surface area contributed by atoms with Crippen LogP contribution in [0.1, 0.15) is 19.3 Å². The summed E-state index contributed by atoms with van der Waals surface area (Å²) in [6.45, 7) is 0. The smallest absolute Gasteiger partial charge is 0.159 e. The minimum atomic E-state index is -0.779. The van der Waals surface area contributed by atoms with Gasteiger partial charge >= 0.3 is 0 Å². The molecule has 15 heavy (non-hydrogen) atoms. The lowest BCUT2D eigenvalue weighted by Crippen LogP contribution is -1.86. The summed E-state index contributed by atoms with van der Waals surface area (Å²) in [6.07, 6.45) is 3.44. The van der Waals surface area contributed by atoms with E-state index in [0.717, 1.165) is 22.4 Å². The van der Waals surface area contributed by atoms with Crippen LogP contribution in [0.5, 0.6) is 0 Å². The van der Waals surface area contributed by atoms with E-state index in [1.807, 2.05) is 0 Å². The van der Waals surface area contributed by atoms with Crippen molar-refractivity contribution in [1.82, 2.24) is 0 Å². The summed E-state index contributed by atoms with van der Waals surface area (Å²) < 4.78 is 25.4. The summed E-state index contributed by atoms with van der Waals surface area (Å²) in [6, 6.07) is 4.05. The molecule has 0 fully saturated rings. The Morgan fingerprint density at radius 2 is 1.87 bits per heavy atom. The van der Waals surface area contributed by atoms with Gasteiger partial charge in [0.15, 0.2) is 11.6 Å². The molecule has 0 aliphatic carbocycles. The Labute approximate surface area is 102 Å². The van der Waals surface area contributed by atoms with Crippen molar-refractivity contribution in [3.8, 4) is 0 Å². The fourth-order valence-corrected chi connectivity index (χ4v) is 2.46. The second-order valence-corrected chi connectivity index (χ2v) is 5.14. The van der Waals surface area contributed by atoms with Crippen molar-refractivity contribution in [2.24, 2.45) is 0 Å². The van der Waals surface area contributed by atoms with Gasteiger partial charge in [-0.2, -0.15) is 0 Å². The van der Waals surface area contributed by atoms with Gasteiger partial charge < -0.3 is 0 Å². The molecular weight excluding hydrogens is 282 g/mol. The summed E-state index contributed by atoms with van der Waals surface area (Å²) in [7, 11) is 0. The van der Waals surface area contributed by atoms with Crippen LogP contribution >= 0.6 is 27.7 Å². The molecule has 0 radical (unpaired) electrons. The van der Waals surface area contributed by atoms with E-state index >= 15 is 0 Å². The van der Waals surface area contributed by atoms with Crippen molar-refractivity contribution in [3.05, 3.63) is 29.8 Å². The second-order valence-electron chi connectivity index (χ2n) is 3.17. The van der Waals surface area contributed by atoms with Crippen LogP contribution < -0.4 is 0 Å². The van der Waals surface area contributed by atoms with Crippen molar-refractivity contribution >= 4 is 27.7 Å². The van der Waals surface area contributed by atoms with E-state index in [2.05, 4.69) is 15.9 Å². The maximum Gasteiger partial charge on any atom is 0.159 e. The topological polar surface area (TPSA) is 0 Å². The number of thioether (sulfide) groups is 1. The van der Waals surface area contributed by atoms with Crippen molar-refractivity contribution in [3.63, 3.8) is 0 Å². The number of alkyl halides is 1. The average molecular weight is 295 g/mol. The summed E-state index contributed by atoms with van der Waals surface area (Å²) >= 11 is 4.94. The maximum absolute atomic E-state index is 12.8. The highest BCUT2D eigenvalue weighted by molar-refractivity contribution is 9.09. The predicted molar refractivity (Wildman–Crippen MR) is 64.7 cm³/mol. The Balaban J connectivity index is 2.28. The second kappa shape index (κ2) is 7.23. The molecule has 0 unspecified atom stereocenters. The number of unbranched alkanes of at least 4 members (excludes halogenated alkanes) is 2. The molecule has 0 saturated carbocycles. The highest BCUT2D eigenvalue weighted by Crippen LogP contribution is 2.21. The van der Waals surface area contributed by atoms with E-state index in [9.17, 15) is 8.78 Å². The van der Waals surface area contributed by atoms with Gasteiger partial charge in [-0.1, -0.05) is 22.4 Å². The van der Waals surface area contributed by atoms with Gasteiger partial charge in [-0.15, -0.1) is 11.8 Å². The normalized spacial score (nSPS) is 10.6. The van der Waals surface area contributed by atoms with Crippen molar-refractivity contribution in [2.45, 2.75) is 24.2 Å². The van der Waals surface area contributed by atoms with Gasteiger partial charge in [0.1, 0.15) is 0 Å². The van der Waals surface area contributed by atoms with E-state index in [1.54, 1.807) is 17.8 Å². The molecule has 0 N–H and O–H groups in total. The van der Waals surface area contributed by atoms with Crippen LogP contribution in [0.15, 0.2) is 23.1 Å². The van der Waals surface area contributed by atoms with Gasteiger partial charge in [-0.3, -0.25) is 0 Å². The average Bonchev–Trinajstić information content (AvgIpc) is 2.23. The number of hydrogen-bond donors (Lipinski definition) is 0. The summed E-state index contributed by atoms with van der Waals surface area (Å²) in [5.41, 5.74) is 0. The lowest BCUT2D eigenvalue weighted by molar-refractivity contribution is 0.506. The first-order valence-corrected chi connectivity index (χ1v) is 6.98. The molecule has 0 bridgehead atoms. The third kappa shape index (κ3) is 4.98. The molecule has 0 amide bonds. The SMILES string of the molecule is Fc1ccc(SCCCCCBr)cc1F. The largest absolute Gasteiger partial charge is 0.204 e. The monoisotopic (exact) mass is 294 g/mol. The molecule has 0 atom stereocenters. The standard InChI is InChI=1S/C11H13BrF2S/c12-6-2-1-3-7-15-9-4-5-10(13)11(14)8-9/h4-5,8H,1-3,6-7H2. The van der Waals surface area contributed by atoms with Crippen LogP contribution in [-0.2, 0) is 0 Å². The first-order chi connectivity index (χ1) is 7.24. The first kappa shape index (κ1) is 13.0. The minimum absolute atomic E-state index is 0.763. The van der Waals surface area contributed by atoms with Crippen LogP contribution in [-0.4, -0.2) is 11.1 Å². The Kier molecular flexibility index (Phi) is 6.25. The molecular formula is C11H13BrF2S. The highest BCUT2D eigenvalue weighted by Gasteiger charge is 2.02. The Morgan fingerprint density at radius 1 is 1.07 bits per heavy atom. The summed E-state index contributed by atoms with van der Waals surface area (Å²) in [5, 5.41) is 1.03. The molecule has 0 aromatic heterocycles. The van der Waals surface area contributed by atoms with Gasteiger partial charge in [-0.25, -0.2) is 8.78 Å². The fraction of sp³-hybridized carbons (Fsp3) is 0.455. The molecule has 1 aromatic carbocycles. The molecule has 0 spiro atoms. The number of benzene rings is 1. The zero-order valence-corrected chi connectivity index (χ0v) is 10.7. The van der Waals surface area contributed by atoms with Crippen molar-refractivity contribution < 1.29 is 8.78 Å². The molecule has 0 heterocycles. The van der Waals surface area contributed by atoms with Crippen molar-refractivity contribution in [2.75, 3.05) is 11.1 Å². The number of halogens is 3. The lowest BCUT2D eigenvalue weighted by Gasteiger charge is -2.01. The van der Waals surface area contributed by atoms with Crippen LogP contribution in [0.25, 0.3) is 0 Å². The van der Waals surface area contributed by atoms with Crippen LogP contribution in [0, 0.1) is 11.6 Å². The van der Waals surface area contributed by atoms with Crippen LogP contribution in [0.4, 0.5) is 8.78 Å². The van der Waals surface area contributed by atoms with Crippen LogP contribution in [0.3, 0.4) is 0 Å². The summed E-state index contributed by atoms with van der Waals surface area (Å²) in [5.74, 6) is -0.586. The molecule has 1 rings (SSSR count). The molecule has 0 aliphatic heterocycles. The maximum atomic E-state index is 12.8. The lowest BCUT2D eigenvalue weighted by atomic mass is 10.3. The molecule has 0 nitrogen and oxygen atoms in total. The molecule has 0 saturated heterocycles. The molecule has 84 valence electrons. The summed E-state index contributed by atoms with van der Waals surface area (Å²) in [4.78, 5) is 0.799. The van der Waals surface area contributed by atoms with Crippen molar-refractivity contribution in [1.29, 1.82) is 0 Å². The molecule has 0 aliphatic rings. The molecule has 4 heteroatoms. The molecule has 1 aromatic rings. The van der Waals surface area contributed by atoms with E-state index < -0.39 is 11.6 Å². The van der Waals surface area contributed by atoms with Gasteiger partial charge in [0.25, 0.3) is 0 Å². The number of hydrogen-bond acceptors (Lipinski definition) is 1. The van der Waals surface area contributed by atoms with Gasteiger partial charge in [0.2, 0.25) is 0 Å². The first-order valence-electron chi connectivity index (χ1n) is 4.88. The Bertz CT molecular complexity index is 305. The van der Waals surface area contributed by atoms with Gasteiger partial charge in [0.05, 0.1) is 0 Å².